The van der Waals surface area contributed by atoms with E-state index in [2.05, 4.69) is 0 Å². The van der Waals surface area contributed by atoms with Crippen LogP contribution < -0.4 is 5.73 Å². The number of rotatable bonds is 0. The molecular formula is C5H11NOS. The highest BCUT2D eigenvalue weighted by Crippen LogP contribution is 2.05. The third-order valence-electron chi connectivity index (χ3n) is 1.35. The summed E-state index contributed by atoms with van der Waals surface area (Å²) in [5.41, 5.74) is 5.53. The van der Waals surface area contributed by atoms with Gasteiger partial charge in [-0.2, -0.15) is 0 Å². The summed E-state index contributed by atoms with van der Waals surface area (Å²) in [6.07, 6.45) is 2.11. The van der Waals surface area contributed by atoms with Crippen LogP contribution in [-0.2, 0) is 10.8 Å². The zero-order valence-electron chi connectivity index (χ0n) is 4.80. The molecule has 1 saturated heterocycles. The molecule has 1 heterocycles. The van der Waals surface area contributed by atoms with Crippen LogP contribution in [0, 0.1) is 0 Å². The molecule has 0 saturated carbocycles. The predicted molar refractivity (Wildman–Crippen MR) is 35.1 cm³/mol. The Balaban J connectivity index is 2.34. The van der Waals surface area contributed by atoms with E-state index in [1.54, 1.807) is 0 Å². The Hall–Kier alpha value is 0.110. The summed E-state index contributed by atoms with van der Waals surface area (Å²) < 4.78 is 10.7. The van der Waals surface area contributed by atoms with Gasteiger partial charge in [0.2, 0.25) is 0 Å². The molecule has 3 heteroatoms. The maximum atomic E-state index is 10.7. The molecule has 0 amide bonds. The number of nitrogens with two attached hydrogens (primary N) is 1. The highest BCUT2D eigenvalue weighted by Gasteiger charge is 2.13. The molecule has 0 spiro atoms. The van der Waals surface area contributed by atoms with Gasteiger partial charge in [0.25, 0.3) is 0 Å². The fourth-order valence-corrected chi connectivity index (χ4v) is 2.21. The summed E-state index contributed by atoms with van der Waals surface area (Å²) in [5.74, 6) is 1.59. The summed E-state index contributed by atoms with van der Waals surface area (Å²) in [6.45, 7) is 0. The van der Waals surface area contributed by atoms with Gasteiger partial charge in [-0.15, -0.1) is 0 Å². The smallest absolute Gasteiger partial charge is 0.0386 e. The van der Waals surface area contributed by atoms with Crippen LogP contribution in [0.15, 0.2) is 0 Å². The largest absolute Gasteiger partial charge is 0.327 e. The fourth-order valence-electron chi connectivity index (χ4n) is 0.912. The normalized spacial score (nSPS) is 39.6. The van der Waals surface area contributed by atoms with Crippen LogP contribution in [0.25, 0.3) is 0 Å². The van der Waals surface area contributed by atoms with Crippen molar-refractivity contribution in [3.8, 4) is 0 Å². The van der Waals surface area contributed by atoms with E-state index in [0.29, 0.717) is 0 Å². The first-order chi connectivity index (χ1) is 3.79. The third kappa shape index (κ3) is 1.56. The van der Waals surface area contributed by atoms with Crippen molar-refractivity contribution in [2.24, 2.45) is 5.73 Å². The molecule has 1 aliphatic heterocycles. The van der Waals surface area contributed by atoms with Gasteiger partial charge in [-0.3, -0.25) is 4.21 Å². The maximum absolute atomic E-state index is 10.7. The van der Waals surface area contributed by atoms with Crippen LogP contribution in [0.2, 0.25) is 0 Å². The van der Waals surface area contributed by atoms with Crippen molar-refractivity contribution in [1.82, 2.24) is 0 Å². The molecule has 2 atom stereocenters. The molecule has 2 nitrogen and oxygen atoms in total. The van der Waals surface area contributed by atoms with Gasteiger partial charge < -0.3 is 5.73 Å². The SMILES string of the molecule is N[C@@H]1CCC[S@@](=O)C1. The van der Waals surface area contributed by atoms with Gasteiger partial charge in [0.15, 0.2) is 0 Å². The molecule has 2 N–H and O–H groups in total. The van der Waals surface area contributed by atoms with Crippen molar-refractivity contribution in [1.29, 1.82) is 0 Å². The van der Waals surface area contributed by atoms with Crippen molar-refractivity contribution < 1.29 is 4.21 Å². The average Bonchev–Trinajstić information content (AvgIpc) is 1.64. The van der Waals surface area contributed by atoms with Crippen molar-refractivity contribution in [3.05, 3.63) is 0 Å². The van der Waals surface area contributed by atoms with Crippen LogP contribution in [0.3, 0.4) is 0 Å². The van der Waals surface area contributed by atoms with Gasteiger partial charge in [0.1, 0.15) is 0 Å². The van der Waals surface area contributed by atoms with E-state index < -0.39 is 10.8 Å². The van der Waals surface area contributed by atoms with Gasteiger partial charge >= 0.3 is 0 Å². The monoisotopic (exact) mass is 133 g/mol. The van der Waals surface area contributed by atoms with Crippen LogP contribution in [0.4, 0.5) is 0 Å². The molecule has 8 heavy (non-hydrogen) atoms. The Labute approximate surface area is 51.9 Å². The minimum Gasteiger partial charge on any atom is -0.327 e. The van der Waals surface area contributed by atoms with Gasteiger partial charge in [-0.1, -0.05) is 0 Å². The van der Waals surface area contributed by atoms with Crippen LogP contribution in [0.1, 0.15) is 12.8 Å². The van der Waals surface area contributed by atoms with E-state index >= 15 is 0 Å². The summed E-state index contributed by atoms with van der Waals surface area (Å²) in [7, 11) is -0.595. The summed E-state index contributed by atoms with van der Waals surface area (Å²) >= 11 is 0. The van der Waals surface area contributed by atoms with E-state index in [1.807, 2.05) is 0 Å². The lowest BCUT2D eigenvalue weighted by molar-refractivity contribution is 0.611. The minimum atomic E-state index is -0.595. The van der Waals surface area contributed by atoms with E-state index in [1.165, 1.54) is 0 Å². The molecule has 0 aromatic carbocycles. The van der Waals surface area contributed by atoms with Crippen LogP contribution >= 0.6 is 0 Å². The van der Waals surface area contributed by atoms with E-state index in [4.69, 9.17) is 5.73 Å². The lowest BCUT2D eigenvalue weighted by Gasteiger charge is -2.15. The zero-order valence-corrected chi connectivity index (χ0v) is 5.62. The Bertz CT molecular complexity index is 105. The van der Waals surface area contributed by atoms with Gasteiger partial charge in [-0.25, -0.2) is 0 Å². The van der Waals surface area contributed by atoms with Crippen LogP contribution in [0.5, 0.6) is 0 Å². The lowest BCUT2D eigenvalue weighted by Crippen LogP contribution is -2.32. The molecule has 48 valence electrons. The second kappa shape index (κ2) is 2.60. The van der Waals surface area contributed by atoms with E-state index in [-0.39, 0.29) is 6.04 Å². The number of hydrogen-bond acceptors (Lipinski definition) is 2. The first kappa shape index (κ1) is 6.23. The second-order valence-corrected chi connectivity index (χ2v) is 3.83. The molecule has 1 aliphatic rings. The zero-order chi connectivity index (χ0) is 5.98. The molecule has 0 aromatic heterocycles. The summed E-state index contributed by atoms with van der Waals surface area (Å²) in [5, 5.41) is 0. The standard InChI is InChI=1S/C5H11NOS/c6-5-2-1-3-8(7)4-5/h5H,1-4,6H2/t5-,8-/m1/s1. The van der Waals surface area contributed by atoms with Gasteiger partial charge in [-0.05, 0) is 12.8 Å². The average molecular weight is 133 g/mol. The lowest BCUT2D eigenvalue weighted by atomic mass is 10.2. The Morgan fingerprint density at radius 2 is 2.38 bits per heavy atom. The van der Waals surface area contributed by atoms with Crippen molar-refractivity contribution in [3.63, 3.8) is 0 Å². The molecular weight excluding hydrogens is 122 g/mol. The predicted octanol–water partition coefficient (Wildman–Crippen LogP) is -0.144. The molecule has 1 rings (SSSR count). The topological polar surface area (TPSA) is 43.1 Å². The minimum absolute atomic E-state index is 0.213. The van der Waals surface area contributed by atoms with Crippen LogP contribution in [-0.4, -0.2) is 21.8 Å². The number of hydrogen-bond donors (Lipinski definition) is 1. The van der Waals surface area contributed by atoms with Crippen molar-refractivity contribution in [2.45, 2.75) is 18.9 Å². The highest BCUT2D eigenvalue weighted by atomic mass is 32.2. The van der Waals surface area contributed by atoms with E-state index in [9.17, 15) is 4.21 Å². The van der Waals surface area contributed by atoms with Gasteiger partial charge in [0.05, 0.1) is 0 Å². The molecule has 1 fully saturated rings. The molecule has 0 unspecified atom stereocenters. The molecule has 0 radical (unpaired) electrons. The summed E-state index contributed by atoms with van der Waals surface area (Å²) in [4.78, 5) is 0. The Morgan fingerprint density at radius 1 is 1.62 bits per heavy atom. The van der Waals surface area contributed by atoms with Gasteiger partial charge in [0, 0.05) is 28.3 Å². The molecule has 0 bridgehead atoms. The first-order valence-corrected chi connectivity index (χ1v) is 4.38. The maximum Gasteiger partial charge on any atom is 0.0386 e. The molecule has 0 aliphatic carbocycles. The second-order valence-electron chi connectivity index (χ2n) is 2.21. The quantitative estimate of drug-likeness (QED) is 0.499. The Kier molecular flexibility index (Phi) is 2.02. The molecule has 0 aromatic rings. The third-order valence-corrected chi connectivity index (χ3v) is 2.89. The fraction of sp³-hybridized carbons (Fsp3) is 1.00. The Morgan fingerprint density at radius 3 is 2.75 bits per heavy atom. The van der Waals surface area contributed by atoms with Crippen molar-refractivity contribution >= 4 is 10.8 Å². The summed E-state index contributed by atoms with van der Waals surface area (Å²) in [6, 6.07) is 0.213. The first-order valence-electron chi connectivity index (χ1n) is 2.89. The highest BCUT2D eigenvalue weighted by molar-refractivity contribution is 7.85. The van der Waals surface area contributed by atoms with E-state index in [0.717, 1.165) is 24.3 Å². The van der Waals surface area contributed by atoms with Crippen molar-refractivity contribution in [2.75, 3.05) is 11.5 Å².